The predicted octanol–water partition coefficient (Wildman–Crippen LogP) is 0.951. The van der Waals surface area contributed by atoms with Gasteiger partial charge in [-0.15, -0.1) is 0 Å². The van der Waals surface area contributed by atoms with Crippen LogP contribution >= 0.6 is 0 Å². The van der Waals surface area contributed by atoms with Crippen molar-refractivity contribution < 1.29 is 5.11 Å². The molecule has 1 atom stereocenters. The van der Waals surface area contributed by atoms with Gasteiger partial charge in [-0.1, -0.05) is 11.6 Å². The second-order valence-corrected chi connectivity index (χ2v) is 4.73. The summed E-state index contributed by atoms with van der Waals surface area (Å²) in [6.45, 7) is 12.4. The zero-order valence-corrected chi connectivity index (χ0v) is 10.2. The van der Waals surface area contributed by atoms with Gasteiger partial charge in [0.15, 0.2) is 0 Å². The summed E-state index contributed by atoms with van der Waals surface area (Å²) in [6, 6.07) is 0. The molecule has 1 aliphatic heterocycles. The molecule has 1 N–H and O–H groups in total. The number of allylic oxidation sites excluding steroid dienone is 1. The third-order valence-electron chi connectivity index (χ3n) is 2.75. The van der Waals surface area contributed by atoms with E-state index in [4.69, 9.17) is 0 Å². The molecular weight excluding hydrogens is 188 g/mol. The third-order valence-corrected chi connectivity index (χ3v) is 2.75. The minimum Gasteiger partial charge on any atom is -0.392 e. The first-order valence-electron chi connectivity index (χ1n) is 5.84. The van der Waals surface area contributed by atoms with Gasteiger partial charge < -0.3 is 5.11 Å². The third kappa shape index (κ3) is 5.30. The zero-order chi connectivity index (χ0) is 11.3. The van der Waals surface area contributed by atoms with Crippen molar-refractivity contribution in [3.8, 4) is 0 Å². The Balaban J connectivity index is 2.21. The molecule has 15 heavy (non-hydrogen) atoms. The van der Waals surface area contributed by atoms with Gasteiger partial charge >= 0.3 is 0 Å². The second-order valence-electron chi connectivity index (χ2n) is 4.73. The maximum absolute atomic E-state index is 9.28. The highest BCUT2D eigenvalue weighted by Crippen LogP contribution is 2.03. The Morgan fingerprint density at radius 3 is 2.20 bits per heavy atom. The summed E-state index contributed by atoms with van der Waals surface area (Å²) in [5.41, 5.74) is 1.39. The van der Waals surface area contributed by atoms with Crippen molar-refractivity contribution in [2.45, 2.75) is 26.9 Å². The van der Waals surface area contributed by atoms with Crippen LogP contribution in [0, 0.1) is 0 Å². The molecule has 1 aliphatic rings. The first-order chi connectivity index (χ1) is 7.08. The molecule has 1 heterocycles. The van der Waals surface area contributed by atoms with Gasteiger partial charge in [0, 0.05) is 39.3 Å². The zero-order valence-electron chi connectivity index (χ0n) is 10.2. The Hall–Kier alpha value is -0.380. The van der Waals surface area contributed by atoms with Gasteiger partial charge in [0.05, 0.1) is 6.10 Å². The van der Waals surface area contributed by atoms with Gasteiger partial charge in [-0.25, -0.2) is 0 Å². The normalized spacial score (nSPS) is 21.3. The monoisotopic (exact) mass is 212 g/mol. The van der Waals surface area contributed by atoms with Gasteiger partial charge in [-0.05, 0) is 20.8 Å². The Bertz CT molecular complexity index is 202. The van der Waals surface area contributed by atoms with Crippen molar-refractivity contribution in [2.75, 3.05) is 39.3 Å². The Morgan fingerprint density at radius 2 is 1.73 bits per heavy atom. The summed E-state index contributed by atoms with van der Waals surface area (Å²) in [4.78, 5) is 4.80. The molecule has 0 amide bonds. The number of aliphatic hydroxyl groups is 1. The molecule has 88 valence electrons. The lowest BCUT2D eigenvalue weighted by molar-refractivity contribution is 0.0851. The highest BCUT2D eigenvalue weighted by atomic mass is 16.3. The molecule has 3 nitrogen and oxygen atoms in total. The lowest BCUT2D eigenvalue weighted by Gasteiger charge is -2.34. The van der Waals surface area contributed by atoms with E-state index in [0.717, 1.165) is 39.3 Å². The Morgan fingerprint density at radius 1 is 1.20 bits per heavy atom. The van der Waals surface area contributed by atoms with E-state index in [2.05, 4.69) is 29.7 Å². The van der Waals surface area contributed by atoms with E-state index in [0.29, 0.717) is 0 Å². The molecule has 0 saturated carbocycles. The SMILES string of the molecule is CC(C)=CCN1CCN(CC(C)O)CC1. The highest BCUT2D eigenvalue weighted by Gasteiger charge is 2.16. The molecule has 0 spiro atoms. The van der Waals surface area contributed by atoms with Crippen LogP contribution in [0.15, 0.2) is 11.6 Å². The van der Waals surface area contributed by atoms with Crippen LogP contribution in [-0.4, -0.2) is 60.3 Å². The summed E-state index contributed by atoms with van der Waals surface area (Å²) in [5.74, 6) is 0. The van der Waals surface area contributed by atoms with Crippen LogP contribution in [0.5, 0.6) is 0 Å². The Labute approximate surface area is 93.4 Å². The van der Waals surface area contributed by atoms with Gasteiger partial charge in [0.1, 0.15) is 0 Å². The molecule has 0 aromatic heterocycles. The topological polar surface area (TPSA) is 26.7 Å². The summed E-state index contributed by atoms with van der Waals surface area (Å²) in [6.07, 6.45) is 2.08. The van der Waals surface area contributed by atoms with Crippen LogP contribution in [0.2, 0.25) is 0 Å². The molecule has 0 aliphatic carbocycles. The first-order valence-corrected chi connectivity index (χ1v) is 5.84. The van der Waals surface area contributed by atoms with Gasteiger partial charge in [-0.3, -0.25) is 9.80 Å². The average Bonchev–Trinajstić information content (AvgIpc) is 2.16. The summed E-state index contributed by atoms with van der Waals surface area (Å²) >= 11 is 0. The fourth-order valence-electron chi connectivity index (χ4n) is 1.84. The van der Waals surface area contributed by atoms with Crippen LogP contribution < -0.4 is 0 Å². The summed E-state index contributed by atoms with van der Waals surface area (Å²) < 4.78 is 0. The second kappa shape index (κ2) is 6.26. The smallest absolute Gasteiger partial charge is 0.0639 e. The van der Waals surface area contributed by atoms with Crippen molar-refractivity contribution in [2.24, 2.45) is 0 Å². The number of aliphatic hydroxyl groups excluding tert-OH is 1. The van der Waals surface area contributed by atoms with Crippen LogP contribution in [0.1, 0.15) is 20.8 Å². The fraction of sp³-hybridized carbons (Fsp3) is 0.833. The number of hydrogen-bond donors (Lipinski definition) is 1. The van der Waals surface area contributed by atoms with Crippen molar-refractivity contribution >= 4 is 0 Å². The molecule has 3 heteroatoms. The molecule has 0 bridgehead atoms. The molecule has 1 fully saturated rings. The van der Waals surface area contributed by atoms with E-state index < -0.39 is 0 Å². The van der Waals surface area contributed by atoms with E-state index in [1.165, 1.54) is 5.57 Å². The number of hydrogen-bond acceptors (Lipinski definition) is 3. The molecule has 1 rings (SSSR count). The minimum absolute atomic E-state index is 0.200. The molecular formula is C12H24N2O. The molecule has 0 aromatic rings. The quantitative estimate of drug-likeness (QED) is 0.703. The maximum atomic E-state index is 9.28. The predicted molar refractivity (Wildman–Crippen MR) is 64.0 cm³/mol. The van der Waals surface area contributed by atoms with Gasteiger partial charge in [0.25, 0.3) is 0 Å². The van der Waals surface area contributed by atoms with E-state index in [1.807, 2.05) is 6.92 Å². The standard InChI is InChI=1S/C12H24N2O/c1-11(2)4-5-13-6-8-14(9-7-13)10-12(3)15/h4,12,15H,5-10H2,1-3H3. The number of piperazine rings is 1. The Kier molecular flexibility index (Phi) is 5.29. The molecule has 0 aromatic carbocycles. The lowest BCUT2D eigenvalue weighted by atomic mass is 10.2. The van der Waals surface area contributed by atoms with E-state index >= 15 is 0 Å². The van der Waals surface area contributed by atoms with Gasteiger partial charge in [-0.2, -0.15) is 0 Å². The molecule has 0 radical (unpaired) electrons. The van der Waals surface area contributed by atoms with Crippen molar-refractivity contribution in [3.05, 3.63) is 11.6 Å². The molecule has 1 unspecified atom stereocenters. The fourth-order valence-corrected chi connectivity index (χ4v) is 1.84. The number of β-amino-alcohol motifs (C(OH)–C–C–N with tert-alkyl or cyclic N) is 1. The van der Waals surface area contributed by atoms with E-state index in [1.54, 1.807) is 0 Å². The van der Waals surface area contributed by atoms with Crippen LogP contribution in [0.3, 0.4) is 0 Å². The maximum Gasteiger partial charge on any atom is 0.0639 e. The van der Waals surface area contributed by atoms with Crippen LogP contribution in [-0.2, 0) is 0 Å². The van der Waals surface area contributed by atoms with Crippen LogP contribution in [0.25, 0.3) is 0 Å². The molecule has 1 saturated heterocycles. The first kappa shape index (κ1) is 12.7. The minimum atomic E-state index is -0.200. The van der Waals surface area contributed by atoms with Crippen LogP contribution in [0.4, 0.5) is 0 Å². The summed E-state index contributed by atoms with van der Waals surface area (Å²) in [5, 5.41) is 9.28. The largest absolute Gasteiger partial charge is 0.392 e. The highest BCUT2D eigenvalue weighted by molar-refractivity contribution is 4.95. The van der Waals surface area contributed by atoms with E-state index in [9.17, 15) is 5.11 Å². The van der Waals surface area contributed by atoms with Crippen molar-refractivity contribution in [1.29, 1.82) is 0 Å². The van der Waals surface area contributed by atoms with Gasteiger partial charge in [0.2, 0.25) is 0 Å². The number of nitrogens with zero attached hydrogens (tertiary/aromatic N) is 2. The van der Waals surface area contributed by atoms with Crippen molar-refractivity contribution in [1.82, 2.24) is 9.80 Å². The summed E-state index contributed by atoms with van der Waals surface area (Å²) in [7, 11) is 0. The lowest BCUT2D eigenvalue weighted by Crippen LogP contribution is -2.48. The van der Waals surface area contributed by atoms with E-state index in [-0.39, 0.29) is 6.10 Å². The van der Waals surface area contributed by atoms with Crippen molar-refractivity contribution in [3.63, 3.8) is 0 Å². The number of rotatable bonds is 4. The average molecular weight is 212 g/mol.